The van der Waals surface area contributed by atoms with E-state index in [1.54, 1.807) is 36.4 Å². The second-order valence-corrected chi connectivity index (χ2v) is 4.95. The Balaban J connectivity index is 1.80. The molecule has 0 aromatic heterocycles. The Kier molecular flexibility index (Phi) is 6.13. The van der Waals surface area contributed by atoms with Gasteiger partial charge in [-0.25, -0.2) is 14.0 Å². The molecule has 0 saturated heterocycles. The fourth-order valence-corrected chi connectivity index (χ4v) is 1.99. The summed E-state index contributed by atoms with van der Waals surface area (Å²) in [4.78, 5) is 23.0. The van der Waals surface area contributed by atoms with Crippen molar-refractivity contribution in [2.24, 2.45) is 0 Å². The van der Waals surface area contributed by atoms with Gasteiger partial charge in [0.1, 0.15) is 5.82 Å². The van der Waals surface area contributed by atoms with Gasteiger partial charge in [-0.05, 0) is 42.3 Å². The van der Waals surface area contributed by atoms with E-state index in [0.717, 1.165) is 5.56 Å². The van der Waals surface area contributed by atoms with Gasteiger partial charge in [0, 0.05) is 17.9 Å². The van der Waals surface area contributed by atoms with Crippen LogP contribution in [0, 0.1) is 5.82 Å². The van der Waals surface area contributed by atoms with Crippen molar-refractivity contribution >= 4 is 23.5 Å². The number of benzene rings is 2. The fraction of sp³-hybridized carbons (Fsp3) is 0.176. The van der Waals surface area contributed by atoms with Gasteiger partial charge in [-0.2, -0.15) is 0 Å². The average molecular weight is 331 g/mol. The van der Waals surface area contributed by atoms with Gasteiger partial charge in [-0.15, -0.1) is 0 Å². The normalized spacial score (nSPS) is 9.92. The standard InChI is InChI=1S/C17H18FN3O3/c1-24-17(23)21-15-4-2-3-14(11-15)20-16(22)19-10-9-12-5-7-13(18)8-6-12/h2-8,11H,9-10H2,1H3,(H,21,23)(H2,19,20,22). The molecule has 2 aromatic carbocycles. The summed E-state index contributed by atoms with van der Waals surface area (Å²) in [6.45, 7) is 0.414. The number of ether oxygens (including phenoxy) is 1. The third-order valence-electron chi connectivity index (χ3n) is 3.16. The van der Waals surface area contributed by atoms with E-state index in [4.69, 9.17) is 0 Å². The molecule has 0 aliphatic carbocycles. The van der Waals surface area contributed by atoms with E-state index < -0.39 is 6.09 Å². The van der Waals surface area contributed by atoms with Gasteiger partial charge >= 0.3 is 12.1 Å². The summed E-state index contributed by atoms with van der Waals surface area (Å²) in [5, 5.41) is 7.89. The molecule has 0 bridgehead atoms. The van der Waals surface area contributed by atoms with E-state index in [-0.39, 0.29) is 11.8 Å². The zero-order valence-corrected chi connectivity index (χ0v) is 13.1. The van der Waals surface area contributed by atoms with E-state index in [2.05, 4.69) is 20.7 Å². The SMILES string of the molecule is COC(=O)Nc1cccc(NC(=O)NCCc2ccc(F)cc2)c1. The molecule has 0 saturated carbocycles. The molecule has 0 heterocycles. The Morgan fingerprint density at radius 1 is 1.04 bits per heavy atom. The highest BCUT2D eigenvalue weighted by Crippen LogP contribution is 2.15. The van der Waals surface area contributed by atoms with Crippen LogP contribution in [-0.4, -0.2) is 25.8 Å². The Morgan fingerprint density at radius 3 is 2.38 bits per heavy atom. The van der Waals surface area contributed by atoms with Crippen molar-refractivity contribution in [3.63, 3.8) is 0 Å². The van der Waals surface area contributed by atoms with Crippen molar-refractivity contribution in [3.8, 4) is 0 Å². The number of hydrogen-bond donors (Lipinski definition) is 3. The third kappa shape index (κ3) is 5.60. The highest BCUT2D eigenvalue weighted by Gasteiger charge is 2.04. The molecule has 126 valence electrons. The van der Waals surface area contributed by atoms with Crippen LogP contribution in [0.2, 0.25) is 0 Å². The molecule has 0 spiro atoms. The van der Waals surface area contributed by atoms with Crippen LogP contribution >= 0.6 is 0 Å². The van der Waals surface area contributed by atoms with Crippen LogP contribution in [0.1, 0.15) is 5.56 Å². The largest absolute Gasteiger partial charge is 0.453 e. The molecule has 0 unspecified atom stereocenters. The van der Waals surface area contributed by atoms with Crippen molar-refractivity contribution in [2.45, 2.75) is 6.42 Å². The number of carbonyl (C=O) groups excluding carboxylic acids is 2. The van der Waals surface area contributed by atoms with Crippen molar-refractivity contribution in [2.75, 3.05) is 24.3 Å². The van der Waals surface area contributed by atoms with Gasteiger partial charge in [0.25, 0.3) is 0 Å². The molecular formula is C17H18FN3O3. The highest BCUT2D eigenvalue weighted by atomic mass is 19.1. The molecule has 3 amide bonds. The van der Waals surface area contributed by atoms with Gasteiger partial charge in [0.15, 0.2) is 0 Å². The maximum atomic E-state index is 12.8. The van der Waals surface area contributed by atoms with Crippen molar-refractivity contribution < 1.29 is 18.7 Å². The fourth-order valence-electron chi connectivity index (χ4n) is 1.99. The second kappa shape index (κ2) is 8.52. The minimum atomic E-state index is -0.587. The number of anilines is 2. The first-order valence-electron chi connectivity index (χ1n) is 7.31. The molecule has 6 nitrogen and oxygen atoms in total. The number of carbonyl (C=O) groups is 2. The third-order valence-corrected chi connectivity index (χ3v) is 3.16. The molecule has 0 atom stereocenters. The lowest BCUT2D eigenvalue weighted by molar-refractivity contribution is 0.187. The van der Waals surface area contributed by atoms with Gasteiger partial charge in [0.2, 0.25) is 0 Å². The van der Waals surface area contributed by atoms with Gasteiger partial charge in [0.05, 0.1) is 7.11 Å². The summed E-state index contributed by atoms with van der Waals surface area (Å²) >= 11 is 0. The van der Waals surface area contributed by atoms with Crippen LogP contribution in [0.4, 0.5) is 25.4 Å². The maximum absolute atomic E-state index is 12.8. The second-order valence-electron chi connectivity index (χ2n) is 4.95. The Labute approximate surface area is 139 Å². The maximum Gasteiger partial charge on any atom is 0.411 e. The minimum absolute atomic E-state index is 0.287. The zero-order valence-electron chi connectivity index (χ0n) is 13.1. The van der Waals surface area contributed by atoms with Crippen LogP contribution in [0.15, 0.2) is 48.5 Å². The van der Waals surface area contributed by atoms with E-state index in [9.17, 15) is 14.0 Å². The number of nitrogens with one attached hydrogen (secondary N) is 3. The molecule has 7 heteroatoms. The van der Waals surface area contributed by atoms with Crippen LogP contribution in [-0.2, 0) is 11.2 Å². The van der Waals surface area contributed by atoms with Crippen molar-refractivity contribution in [3.05, 3.63) is 59.9 Å². The molecule has 0 fully saturated rings. The molecule has 0 aliphatic rings. The van der Waals surface area contributed by atoms with Gasteiger partial charge in [-0.3, -0.25) is 5.32 Å². The quantitative estimate of drug-likeness (QED) is 0.786. The summed E-state index contributed by atoms with van der Waals surface area (Å²) in [6, 6.07) is 12.4. The predicted octanol–water partition coefficient (Wildman–Crippen LogP) is 3.37. The van der Waals surface area contributed by atoms with Crippen LogP contribution in [0.25, 0.3) is 0 Å². The summed E-state index contributed by atoms with van der Waals surface area (Å²) in [5.74, 6) is -0.287. The van der Waals surface area contributed by atoms with Crippen molar-refractivity contribution in [1.29, 1.82) is 0 Å². The lowest BCUT2D eigenvalue weighted by atomic mass is 10.1. The summed E-state index contributed by atoms with van der Waals surface area (Å²) in [7, 11) is 1.27. The number of hydrogen-bond acceptors (Lipinski definition) is 3. The number of halogens is 1. The van der Waals surface area contributed by atoms with E-state index in [1.807, 2.05) is 0 Å². The predicted molar refractivity (Wildman–Crippen MR) is 89.6 cm³/mol. The summed E-state index contributed by atoms with van der Waals surface area (Å²) < 4.78 is 17.3. The summed E-state index contributed by atoms with van der Waals surface area (Å²) in [6.07, 6.45) is 0.00775. The first kappa shape index (κ1) is 17.3. The molecule has 3 N–H and O–H groups in total. The number of amides is 3. The van der Waals surface area contributed by atoms with E-state index in [1.165, 1.54) is 19.2 Å². The van der Waals surface area contributed by atoms with Crippen LogP contribution < -0.4 is 16.0 Å². The first-order chi connectivity index (χ1) is 11.6. The van der Waals surface area contributed by atoms with E-state index in [0.29, 0.717) is 24.3 Å². The molecule has 2 aromatic rings. The smallest absolute Gasteiger partial charge is 0.411 e. The lowest BCUT2D eigenvalue weighted by Gasteiger charge is -2.09. The molecular weight excluding hydrogens is 313 g/mol. The van der Waals surface area contributed by atoms with Crippen LogP contribution in [0.5, 0.6) is 0 Å². The Bertz CT molecular complexity index is 704. The topological polar surface area (TPSA) is 79.5 Å². The molecule has 2 rings (SSSR count). The highest BCUT2D eigenvalue weighted by molar-refractivity contribution is 5.91. The monoisotopic (exact) mass is 331 g/mol. The van der Waals surface area contributed by atoms with E-state index >= 15 is 0 Å². The van der Waals surface area contributed by atoms with Crippen LogP contribution in [0.3, 0.4) is 0 Å². The number of rotatable bonds is 5. The average Bonchev–Trinajstić information content (AvgIpc) is 2.57. The van der Waals surface area contributed by atoms with Gasteiger partial charge in [-0.1, -0.05) is 18.2 Å². The van der Waals surface area contributed by atoms with Crippen molar-refractivity contribution in [1.82, 2.24) is 5.32 Å². The molecule has 24 heavy (non-hydrogen) atoms. The molecule has 0 aliphatic heterocycles. The van der Waals surface area contributed by atoms with Gasteiger partial charge < -0.3 is 15.4 Å². The summed E-state index contributed by atoms with van der Waals surface area (Å²) in [5.41, 5.74) is 1.97. The lowest BCUT2D eigenvalue weighted by Crippen LogP contribution is -2.30. The number of urea groups is 1. The first-order valence-corrected chi connectivity index (χ1v) is 7.31. The zero-order chi connectivity index (χ0) is 17.4. The Morgan fingerprint density at radius 2 is 1.71 bits per heavy atom. The minimum Gasteiger partial charge on any atom is -0.453 e. The molecule has 0 radical (unpaired) electrons. The number of methoxy groups -OCH3 is 1. The Hall–Kier alpha value is -3.09.